The van der Waals surface area contributed by atoms with Crippen LogP contribution in [0.2, 0.25) is 10.0 Å². The molecule has 5 nitrogen and oxygen atoms in total. The molecule has 0 atom stereocenters. The van der Waals surface area contributed by atoms with E-state index in [2.05, 4.69) is 15.6 Å². The van der Waals surface area contributed by atoms with Gasteiger partial charge in [0.25, 0.3) is 0 Å². The van der Waals surface area contributed by atoms with E-state index in [-0.39, 0.29) is 6.03 Å². The Bertz CT molecular complexity index is 851. The highest BCUT2D eigenvalue weighted by Crippen LogP contribution is 2.25. The van der Waals surface area contributed by atoms with Crippen molar-refractivity contribution in [2.24, 2.45) is 0 Å². The molecule has 0 unspecified atom stereocenters. The lowest BCUT2D eigenvalue weighted by Crippen LogP contribution is -2.28. The topological polar surface area (TPSA) is 67.2 Å². The quantitative estimate of drug-likeness (QED) is 0.689. The van der Waals surface area contributed by atoms with Gasteiger partial charge < -0.3 is 15.1 Å². The van der Waals surface area contributed by atoms with Crippen molar-refractivity contribution in [1.82, 2.24) is 10.3 Å². The molecule has 3 rings (SSSR count). The average molecular weight is 362 g/mol. The largest absolute Gasteiger partial charge is 0.463 e. The average Bonchev–Trinajstić information content (AvgIpc) is 3.11. The third-order valence-electron chi connectivity index (χ3n) is 3.26. The van der Waals surface area contributed by atoms with Crippen molar-refractivity contribution < 1.29 is 9.21 Å². The summed E-state index contributed by atoms with van der Waals surface area (Å²) in [6, 6.07) is 11.8. The van der Waals surface area contributed by atoms with E-state index < -0.39 is 0 Å². The van der Waals surface area contributed by atoms with Crippen LogP contribution in [0.15, 0.2) is 59.3 Å². The number of carbonyl (C=O) groups is 1. The second kappa shape index (κ2) is 7.38. The first-order valence-electron chi connectivity index (χ1n) is 7.11. The Morgan fingerprint density at radius 1 is 1.12 bits per heavy atom. The molecule has 122 valence electrons. The van der Waals surface area contributed by atoms with Gasteiger partial charge in [0.1, 0.15) is 5.69 Å². The van der Waals surface area contributed by atoms with Gasteiger partial charge in [-0.3, -0.25) is 4.98 Å². The van der Waals surface area contributed by atoms with Gasteiger partial charge in [-0.15, -0.1) is 0 Å². The summed E-state index contributed by atoms with van der Waals surface area (Å²) in [6.07, 6.45) is 3.26. The normalized spacial score (nSPS) is 10.4. The molecule has 0 radical (unpaired) electrons. The fourth-order valence-corrected chi connectivity index (χ4v) is 2.44. The monoisotopic (exact) mass is 361 g/mol. The standard InChI is InChI=1S/C17H13Cl2N3O2/c18-13-6-5-12(9-14(13)19)22-17(23)21-10-11-3-1-7-20-16(11)15-4-2-8-24-15/h1-9H,10H2,(H2,21,22,23). The van der Waals surface area contributed by atoms with E-state index in [1.165, 1.54) is 0 Å². The summed E-state index contributed by atoms with van der Waals surface area (Å²) in [6.45, 7) is 0.303. The van der Waals surface area contributed by atoms with E-state index in [9.17, 15) is 4.79 Å². The first-order chi connectivity index (χ1) is 11.6. The lowest BCUT2D eigenvalue weighted by molar-refractivity contribution is 0.251. The van der Waals surface area contributed by atoms with Crippen molar-refractivity contribution in [3.63, 3.8) is 0 Å². The highest BCUT2D eigenvalue weighted by molar-refractivity contribution is 6.42. The zero-order valence-electron chi connectivity index (χ0n) is 12.4. The molecule has 0 aliphatic heterocycles. The van der Waals surface area contributed by atoms with Gasteiger partial charge in [-0.05, 0) is 36.4 Å². The molecule has 0 aliphatic carbocycles. The number of aromatic nitrogens is 1. The molecule has 2 N–H and O–H groups in total. The third-order valence-corrected chi connectivity index (χ3v) is 4.00. The Balaban J connectivity index is 1.66. The second-order valence-electron chi connectivity index (χ2n) is 4.92. The first-order valence-corrected chi connectivity index (χ1v) is 7.87. The highest BCUT2D eigenvalue weighted by atomic mass is 35.5. The van der Waals surface area contributed by atoms with Crippen LogP contribution in [0.5, 0.6) is 0 Å². The second-order valence-corrected chi connectivity index (χ2v) is 5.74. The van der Waals surface area contributed by atoms with E-state index >= 15 is 0 Å². The summed E-state index contributed by atoms with van der Waals surface area (Å²) in [4.78, 5) is 16.3. The van der Waals surface area contributed by atoms with E-state index in [4.69, 9.17) is 27.6 Å². The first kappa shape index (κ1) is 16.4. The number of hydrogen-bond acceptors (Lipinski definition) is 3. The van der Waals surface area contributed by atoms with Gasteiger partial charge in [0.05, 0.1) is 16.3 Å². The van der Waals surface area contributed by atoms with Crippen LogP contribution in [0, 0.1) is 0 Å². The minimum Gasteiger partial charge on any atom is -0.463 e. The minimum absolute atomic E-state index is 0.303. The van der Waals surface area contributed by atoms with Crippen LogP contribution in [0.1, 0.15) is 5.56 Å². The number of urea groups is 1. The number of carbonyl (C=O) groups excluding carboxylic acids is 1. The van der Waals surface area contributed by atoms with Crippen LogP contribution >= 0.6 is 23.2 Å². The summed E-state index contributed by atoms with van der Waals surface area (Å²) < 4.78 is 5.37. The van der Waals surface area contributed by atoms with Gasteiger partial charge in [-0.1, -0.05) is 29.3 Å². The van der Waals surface area contributed by atoms with Gasteiger partial charge >= 0.3 is 6.03 Å². The molecule has 3 aromatic rings. The molecule has 1 aromatic carbocycles. The molecular weight excluding hydrogens is 349 g/mol. The van der Waals surface area contributed by atoms with Crippen molar-refractivity contribution >= 4 is 34.9 Å². The predicted octanol–water partition coefficient (Wildman–Crippen LogP) is 4.97. The van der Waals surface area contributed by atoms with Crippen molar-refractivity contribution in [3.8, 4) is 11.5 Å². The van der Waals surface area contributed by atoms with Gasteiger partial charge in [0.2, 0.25) is 0 Å². The molecule has 24 heavy (non-hydrogen) atoms. The van der Waals surface area contributed by atoms with Crippen molar-refractivity contribution in [2.45, 2.75) is 6.54 Å². The lowest BCUT2D eigenvalue weighted by atomic mass is 10.1. The summed E-state index contributed by atoms with van der Waals surface area (Å²) in [5.41, 5.74) is 2.09. The fraction of sp³-hybridized carbons (Fsp3) is 0.0588. The number of amides is 2. The number of pyridine rings is 1. The van der Waals surface area contributed by atoms with Gasteiger partial charge in [-0.2, -0.15) is 0 Å². The van der Waals surface area contributed by atoms with E-state index in [0.29, 0.717) is 33.7 Å². The number of hydrogen-bond donors (Lipinski definition) is 2. The molecule has 0 fully saturated rings. The number of benzene rings is 1. The minimum atomic E-state index is -0.359. The maximum Gasteiger partial charge on any atom is 0.319 e. The van der Waals surface area contributed by atoms with Gasteiger partial charge in [0, 0.05) is 24.0 Å². The number of rotatable bonds is 4. The fourth-order valence-electron chi connectivity index (χ4n) is 2.14. The van der Waals surface area contributed by atoms with Gasteiger partial charge in [0.15, 0.2) is 5.76 Å². The molecule has 0 saturated carbocycles. The summed E-state index contributed by atoms with van der Waals surface area (Å²) in [5, 5.41) is 6.28. The Morgan fingerprint density at radius 2 is 2.00 bits per heavy atom. The molecule has 2 amide bonds. The summed E-state index contributed by atoms with van der Waals surface area (Å²) in [7, 11) is 0. The molecule has 2 heterocycles. The SMILES string of the molecule is O=C(NCc1cccnc1-c1ccco1)Nc1ccc(Cl)c(Cl)c1. The number of nitrogens with one attached hydrogen (secondary N) is 2. The number of nitrogens with zero attached hydrogens (tertiary/aromatic N) is 1. The van der Waals surface area contributed by atoms with Crippen molar-refractivity contribution in [3.05, 3.63) is 70.5 Å². The molecule has 0 aliphatic rings. The van der Waals surface area contributed by atoms with Crippen molar-refractivity contribution in [1.29, 1.82) is 0 Å². The zero-order chi connectivity index (χ0) is 16.9. The van der Waals surface area contributed by atoms with Gasteiger partial charge in [-0.25, -0.2) is 4.79 Å². The Morgan fingerprint density at radius 3 is 2.75 bits per heavy atom. The lowest BCUT2D eigenvalue weighted by Gasteiger charge is -2.10. The number of halogens is 2. The molecule has 2 aromatic heterocycles. The summed E-state index contributed by atoms with van der Waals surface area (Å²) >= 11 is 11.8. The third kappa shape index (κ3) is 3.88. The van der Waals surface area contributed by atoms with E-state index in [1.54, 1.807) is 42.8 Å². The smallest absolute Gasteiger partial charge is 0.319 e. The molecular formula is C17H13Cl2N3O2. The van der Waals surface area contributed by atoms with Crippen LogP contribution in [0.4, 0.5) is 10.5 Å². The Hall–Kier alpha value is -2.50. The van der Waals surface area contributed by atoms with Crippen LogP contribution < -0.4 is 10.6 Å². The maximum atomic E-state index is 12.0. The highest BCUT2D eigenvalue weighted by Gasteiger charge is 2.10. The van der Waals surface area contributed by atoms with E-state index in [1.807, 2.05) is 12.1 Å². The predicted molar refractivity (Wildman–Crippen MR) is 94.3 cm³/mol. The van der Waals surface area contributed by atoms with Crippen LogP contribution in [-0.4, -0.2) is 11.0 Å². The van der Waals surface area contributed by atoms with Crippen LogP contribution in [0.3, 0.4) is 0 Å². The maximum absolute atomic E-state index is 12.0. The van der Waals surface area contributed by atoms with E-state index in [0.717, 1.165) is 5.56 Å². The molecule has 0 spiro atoms. The Kier molecular flexibility index (Phi) is 5.03. The molecule has 0 bridgehead atoms. The molecule has 0 saturated heterocycles. The number of anilines is 1. The Labute approximate surface area is 148 Å². The van der Waals surface area contributed by atoms with Crippen LogP contribution in [0.25, 0.3) is 11.5 Å². The van der Waals surface area contributed by atoms with Crippen LogP contribution in [-0.2, 0) is 6.54 Å². The molecule has 7 heteroatoms. The number of furan rings is 1. The zero-order valence-corrected chi connectivity index (χ0v) is 13.9. The summed E-state index contributed by atoms with van der Waals surface area (Å²) in [5.74, 6) is 0.650. The van der Waals surface area contributed by atoms with Crippen molar-refractivity contribution in [2.75, 3.05) is 5.32 Å².